The maximum atomic E-state index is 12.2. The lowest BCUT2D eigenvalue weighted by atomic mass is 10.1. The van der Waals surface area contributed by atoms with E-state index in [2.05, 4.69) is 15.5 Å². The molecule has 140 valence electrons. The van der Waals surface area contributed by atoms with Crippen LogP contribution in [0.15, 0.2) is 59.1 Å². The van der Waals surface area contributed by atoms with Gasteiger partial charge in [-0.25, -0.2) is 0 Å². The number of aliphatic hydroxyl groups excluding tert-OH is 1. The fraction of sp³-hybridized carbons (Fsp3) is 0.250. The van der Waals surface area contributed by atoms with Gasteiger partial charge in [-0.05, 0) is 43.7 Å². The first-order valence-corrected chi connectivity index (χ1v) is 8.65. The molecule has 1 aromatic heterocycles. The third-order valence-electron chi connectivity index (χ3n) is 3.74. The topological polar surface area (TPSA) is 97.5 Å². The highest BCUT2D eigenvalue weighted by atomic mass is 16.5. The first-order chi connectivity index (χ1) is 13.0. The van der Waals surface area contributed by atoms with E-state index in [0.29, 0.717) is 17.0 Å². The molecule has 0 fully saturated rings. The molecule has 3 aromatic rings. The monoisotopic (exact) mass is 367 g/mol. The van der Waals surface area contributed by atoms with Crippen LogP contribution in [0.25, 0.3) is 11.4 Å². The number of amides is 1. The highest BCUT2D eigenvalue weighted by Crippen LogP contribution is 2.20. The van der Waals surface area contributed by atoms with Gasteiger partial charge in [0.1, 0.15) is 5.75 Å². The molecule has 7 nitrogen and oxygen atoms in total. The second kappa shape index (κ2) is 8.46. The van der Waals surface area contributed by atoms with Crippen molar-refractivity contribution in [3.05, 3.63) is 66.1 Å². The average Bonchev–Trinajstić information content (AvgIpc) is 3.17. The van der Waals surface area contributed by atoms with Gasteiger partial charge >= 0.3 is 11.8 Å². The Morgan fingerprint density at radius 2 is 1.85 bits per heavy atom. The molecule has 27 heavy (non-hydrogen) atoms. The molecule has 1 amide bonds. The lowest BCUT2D eigenvalue weighted by Gasteiger charge is -2.10. The van der Waals surface area contributed by atoms with Crippen molar-refractivity contribution in [2.75, 3.05) is 6.54 Å². The number of carbonyl (C=O) groups excluding carboxylic acids is 1. The molecule has 0 spiro atoms. The van der Waals surface area contributed by atoms with Crippen molar-refractivity contribution in [2.45, 2.75) is 26.1 Å². The summed E-state index contributed by atoms with van der Waals surface area (Å²) in [5.41, 5.74) is 1.42. The molecule has 7 heteroatoms. The normalized spacial score (nSPS) is 12.0. The number of rotatable bonds is 7. The summed E-state index contributed by atoms with van der Waals surface area (Å²) in [7, 11) is 0. The van der Waals surface area contributed by atoms with Gasteiger partial charge in [0.15, 0.2) is 0 Å². The van der Waals surface area contributed by atoms with Crippen LogP contribution >= 0.6 is 0 Å². The van der Waals surface area contributed by atoms with Crippen LogP contribution in [0.2, 0.25) is 0 Å². The minimum Gasteiger partial charge on any atom is -0.491 e. The highest BCUT2D eigenvalue weighted by molar-refractivity contribution is 5.89. The molecule has 0 aliphatic rings. The Hall–Kier alpha value is -3.19. The fourth-order valence-electron chi connectivity index (χ4n) is 2.45. The number of aliphatic hydroxyl groups is 1. The third kappa shape index (κ3) is 4.92. The summed E-state index contributed by atoms with van der Waals surface area (Å²) < 4.78 is 10.6. The highest BCUT2D eigenvalue weighted by Gasteiger charge is 2.17. The first kappa shape index (κ1) is 18.6. The quantitative estimate of drug-likeness (QED) is 0.666. The fourth-order valence-corrected chi connectivity index (χ4v) is 2.45. The van der Waals surface area contributed by atoms with Gasteiger partial charge < -0.3 is 19.7 Å². The van der Waals surface area contributed by atoms with Gasteiger partial charge in [-0.2, -0.15) is 4.98 Å². The van der Waals surface area contributed by atoms with Crippen molar-refractivity contribution in [1.82, 2.24) is 15.5 Å². The predicted molar refractivity (Wildman–Crippen MR) is 99.2 cm³/mol. The Labute approximate surface area is 157 Å². The molecular formula is C20H21N3O4. The van der Waals surface area contributed by atoms with Crippen molar-refractivity contribution in [3.8, 4) is 17.1 Å². The number of carbonyl (C=O) groups is 1. The van der Waals surface area contributed by atoms with Crippen molar-refractivity contribution in [3.63, 3.8) is 0 Å². The van der Waals surface area contributed by atoms with Crippen LogP contribution in [0.4, 0.5) is 0 Å². The number of nitrogens with one attached hydrogen (secondary N) is 1. The van der Waals surface area contributed by atoms with Crippen LogP contribution in [0.5, 0.6) is 5.75 Å². The summed E-state index contributed by atoms with van der Waals surface area (Å²) in [5.74, 6) is 0.348. The number of nitrogens with zero attached hydrogens (tertiary/aromatic N) is 2. The zero-order valence-electron chi connectivity index (χ0n) is 15.1. The lowest BCUT2D eigenvalue weighted by molar-refractivity contribution is 0.0873. The molecule has 0 bridgehead atoms. The number of aromatic nitrogens is 2. The van der Waals surface area contributed by atoms with Crippen LogP contribution in [0.3, 0.4) is 0 Å². The maximum absolute atomic E-state index is 12.2. The predicted octanol–water partition coefficient (Wildman–Crippen LogP) is 2.99. The standard InChI is InChI=1S/C20H21N3O4/c1-13(2)26-16-10-8-15(9-11-16)18-22-20(27-23-18)19(25)21-12-17(24)14-6-4-3-5-7-14/h3-11,13,17,24H,12H2,1-2H3,(H,21,25)/t17-/m0/s1. The zero-order valence-corrected chi connectivity index (χ0v) is 15.1. The Morgan fingerprint density at radius 1 is 1.15 bits per heavy atom. The number of benzene rings is 2. The summed E-state index contributed by atoms with van der Waals surface area (Å²) in [6.45, 7) is 3.95. The molecule has 0 aliphatic heterocycles. The summed E-state index contributed by atoms with van der Waals surface area (Å²) in [6.07, 6.45) is -0.728. The van der Waals surface area contributed by atoms with E-state index in [9.17, 15) is 9.90 Å². The Bertz CT molecular complexity index is 876. The van der Waals surface area contributed by atoms with Crippen LogP contribution in [0.1, 0.15) is 36.2 Å². The van der Waals surface area contributed by atoms with Gasteiger partial charge in [0, 0.05) is 12.1 Å². The maximum Gasteiger partial charge on any atom is 0.316 e. The van der Waals surface area contributed by atoms with Gasteiger partial charge in [-0.3, -0.25) is 4.79 Å². The van der Waals surface area contributed by atoms with Gasteiger partial charge in [-0.15, -0.1) is 0 Å². The average molecular weight is 367 g/mol. The summed E-state index contributed by atoms with van der Waals surface area (Å²) in [5, 5.41) is 16.5. The zero-order chi connectivity index (χ0) is 19.2. The number of ether oxygens (including phenoxy) is 1. The molecule has 0 radical (unpaired) electrons. The Kier molecular flexibility index (Phi) is 5.83. The van der Waals surface area contributed by atoms with Crippen LogP contribution in [-0.4, -0.2) is 33.8 Å². The molecule has 1 heterocycles. The van der Waals surface area contributed by atoms with Gasteiger partial charge in [0.05, 0.1) is 12.2 Å². The summed E-state index contributed by atoms with van der Waals surface area (Å²) in [4.78, 5) is 16.3. The first-order valence-electron chi connectivity index (χ1n) is 8.65. The smallest absolute Gasteiger partial charge is 0.316 e. The minimum atomic E-state index is -0.814. The molecule has 0 aliphatic carbocycles. The molecular weight excluding hydrogens is 346 g/mol. The van der Waals surface area contributed by atoms with Crippen molar-refractivity contribution < 1.29 is 19.2 Å². The molecule has 0 saturated heterocycles. The lowest BCUT2D eigenvalue weighted by Crippen LogP contribution is -2.28. The van der Waals surface area contributed by atoms with Crippen molar-refractivity contribution in [1.29, 1.82) is 0 Å². The van der Waals surface area contributed by atoms with E-state index >= 15 is 0 Å². The van der Waals surface area contributed by atoms with E-state index in [1.807, 2.05) is 44.2 Å². The minimum absolute atomic E-state index is 0.0435. The van der Waals surface area contributed by atoms with E-state index in [4.69, 9.17) is 9.26 Å². The van der Waals surface area contributed by atoms with E-state index in [1.165, 1.54) is 0 Å². The number of hydrogen-bond acceptors (Lipinski definition) is 6. The molecule has 2 aromatic carbocycles. The van der Waals surface area contributed by atoms with Crippen molar-refractivity contribution in [2.24, 2.45) is 0 Å². The second-order valence-electron chi connectivity index (χ2n) is 6.25. The van der Waals surface area contributed by atoms with Crippen LogP contribution < -0.4 is 10.1 Å². The molecule has 3 rings (SSSR count). The van der Waals surface area contributed by atoms with E-state index in [0.717, 1.165) is 5.75 Å². The van der Waals surface area contributed by atoms with Crippen molar-refractivity contribution >= 4 is 5.91 Å². The van der Waals surface area contributed by atoms with E-state index in [1.54, 1.807) is 24.3 Å². The second-order valence-corrected chi connectivity index (χ2v) is 6.25. The largest absolute Gasteiger partial charge is 0.491 e. The molecule has 0 saturated carbocycles. The van der Waals surface area contributed by atoms with Crippen LogP contribution in [0, 0.1) is 0 Å². The molecule has 0 unspecified atom stereocenters. The van der Waals surface area contributed by atoms with E-state index < -0.39 is 12.0 Å². The summed E-state index contributed by atoms with van der Waals surface area (Å²) >= 11 is 0. The van der Waals surface area contributed by atoms with E-state index in [-0.39, 0.29) is 18.5 Å². The van der Waals surface area contributed by atoms with Gasteiger partial charge in [-0.1, -0.05) is 35.5 Å². The van der Waals surface area contributed by atoms with Gasteiger partial charge in [0.2, 0.25) is 5.82 Å². The Morgan fingerprint density at radius 3 is 2.52 bits per heavy atom. The molecule has 2 N–H and O–H groups in total. The number of hydrogen-bond donors (Lipinski definition) is 2. The third-order valence-corrected chi connectivity index (χ3v) is 3.74. The van der Waals surface area contributed by atoms with Gasteiger partial charge in [0.25, 0.3) is 0 Å². The van der Waals surface area contributed by atoms with Crippen LogP contribution in [-0.2, 0) is 0 Å². The SMILES string of the molecule is CC(C)Oc1ccc(-c2noc(C(=O)NC[C@H](O)c3ccccc3)n2)cc1. The Balaban J connectivity index is 1.60. The molecule has 1 atom stereocenters. The summed E-state index contributed by atoms with van der Waals surface area (Å²) in [6, 6.07) is 16.3.